The number of hydrogen-bond donors (Lipinski definition) is 1. The number of methoxy groups -OCH3 is 1. The number of nitrogens with one attached hydrogen (secondary N) is 1. The van der Waals surface area contributed by atoms with E-state index in [0.29, 0.717) is 24.0 Å². The molecule has 1 aliphatic rings. The van der Waals surface area contributed by atoms with Gasteiger partial charge in [0.05, 0.1) is 7.11 Å². The molecular weight excluding hydrogens is 350 g/mol. The lowest BCUT2D eigenvalue weighted by Crippen LogP contribution is -2.13. The van der Waals surface area contributed by atoms with Gasteiger partial charge in [-0.25, -0.2) is 4.98 Å². The molecule has 0 aliphatic heterocycles. The number of rotatable bonds is 9. The Balaban J connectivity index is 1.53. The van der Waals surface area contributed by atoms with E-state index in [0.717, 1.165) is 36.8 Å². The van der Waals surface area contributed by atoms with Gasteiger partial charge in [0.2, 0.25) is 17.5 Å². The van der Waals surface area contributed by atoms with E-state index in [9.17, 15) is 5.26 Å². The molecule has 0 atom stereocenters. The highest BCUT2D eigenvalue weighted by molar-refractivity contribution is 5.45. The summed E-state index contributed by atoms with van der Waals surface area (Å²) in [6.45, 7) is 2.95. The van der Waals surface area contributed by atoms with Crippen LogP contribution in [0.3, 0.4) is 0 Å². The van der Waals surface area contributed by atoms with Crippen molar-refractivity contribution < 1.29 is 9.15 Å². The normalized spacial score (nSPS) is 19.2. The predicted molar refractivity (Wildman–Crippen MR) is 111 cm³/mol. The number of anilines is 1. The number of nitrogens with zero attached hydrogens (tertiary/aromatic N) is 2. The van der Waals surface area contributed by atoms with E-state index in [-0.39, 0.29) is 0 Å². The van der Waals surface area contributed by atoms with E-state index in [1.807, 2.05) is 12.1 Å². The molecule has 2 aromatic rings. The van der Waals surface area contributed by atoms with E-state index in [1.165, 1.54) is 37.7 Å². The molecule has 1 aromatic heterocycles. The van der Waals surface area contributed by atoms with Crippen molar-refractivity contribution in [3.05, 3.63) is 41.4 Å². The van der Waals surface area contributed by atoms with Crippen molar-refractivity contribution in [2.45, 2.75) is 64.2 Å². The summed E-state index contributed by atoms with van der Waals surface area (Å²) in [6.07, 6.45) is 9.51. The molecule has 28 heavy (non-hydrogen) atoms. The number of oxazole rings is 1. The Kier molecular flexibility index (Phi) is 7.36. The molecule has 0 spiro atoms. The first-order valence-corrected chi connectivity index (χ1v) is 10.5. The third kappa shape index (κ3) is 5.28. The van der Waals surface area contributed by atoms with Gasteiger partial charge in [-0.15, -0.1) is 0 Å². The number of benzene rings is 1. The Morgan fingerprint density at radius 2 is 1.96 bits per heavy atom. The van der Waals surface area contributed by atoms with Gasteiger partial charge in [0, 0.05) is 12.5 Å². The zero-order valence-electron chi connectivity index (χ0n) is 17.0. The number of hydrogen-bond acceptors (Lipinski definition) is 5. The van der Waals surface area contributed by atoms with Crippen LogP contribution in [0.5, 0.6) is 5.75 Å². The van der Waals surface area contributed by atoms with E-state index in [4.69, 9.17) is 9.15 Å². The van der Waals surface area contributed by atoms with Crippen molar-refractivity contribution in [1.29, 1.82) is 5.26 Å². The molecule has 1 aliphatic carbocycles. The minimum atomic E-state index is 0.349. The van der Waals surface area contributed by atoms with Gasteiger partial charge in [-0.2, -0.15) is 5.26 Å². The Bertz CT molecular complexity index is 768. The first-order valence-electron chi connectivity index (χ1n) is 10.5. The SMILES string of the molecule is CCCCC1CCC(c2nc(C#N)c(NCCc3ccc(OC)cc3)o2)CC1. The van der Waals surface area contributed by atoms with Crippen LogP contribution >= 0.6 is 0 Å². The fourth-order valence-electron chi connectivity index (χ4n) is 4.01. The second-order valence-electron chi connectivity index (χ2n) is 7.73. The van der Waals surface area contributed by atoms with Crippen molar-refractivity contribution in [3.63, 3.8) is 0 Å². The van der Waals surface area contributed by atoms with Crippen LogP contribution in [-0.2, 0) is 6.42 Å². The van der Waals surface area contributed by atoms with Crippen molar-refractivity contribution in [2.24, 2.45) is 5.92 Å². The number of unbranched alkanes of at least 4 members (excludes halogenated alkanes) is 1. The molecule has 5 heteroatoms. The molecule has 0 saturated heterocycles. The second kappa shape index (κ2) is 10.2. The number of ether oxygens (including phenoxy) is 1. The van der Waals surface area contributed by atoms with Gasteiger partial charge in [0.1, 0.15) is 11.8 Å². The standard InChI is InChI=1S/C23H31N3O2/c1-3-4-5-17-6-10-19(11-7-17)22-26-21(16-24)23(28-22)25-15-14-18-8-12-20(27-2)13-9-18/h8-9,12-13,17,19,25H,3-7,10-11,14-15H2,1-2H3. The Hall–Kier alpha value is -2.48. The highest BCUT2D eigenvalue weighted by Gasteiger charge is 2.27. The van der Waals surface area contributed by atoms with Crippen LogP contribution in [-0.4, -0.2) is 18.6 Å². The monoisotopic (exact) mass is 381 g/mol. The van der Waals surface area contributed by atoms with Crippen molar-refractivity contribution in [3.8, 4) is 11.8 Å². The smallest absolute Gasteiger partial charge is 0.232 e. The van der Waals surface area contributed by atoms with Gasteiger partial charge in [-0.1, -0.05) is 38.3 Å². The maximum Gasteiger partial charge on any atom is 0.232 e. The molecule has 3 rings (SSSR count). The van der Waals surface area contributed by atoms with Crippen LogP contribution in [0, 0.1) is 17.2 Å². The summed E-state index contributed by atoms with van der Waals surface area (Å²) >= 11 is 0. The average Bonchev–Trinajstić information content (AvgIpc) is 3.16. The van der Waals surface area contributed by atoms with Crippen molar-refractivity contribution in [2.75, 3.05) is 19.0 Å². The van der Waals surface area contributed by atoms with Crippen LogP contribution < -0.4 is 10.1 Å². The Labute approximate surface area is 168 Å². The first kappa shape index (κ1) is 20.3. The van der Waals surface area contributed by atoms with Gasteiger partial charge < -0.3 is 14.5 Å². The lowest BCUT2D eigenvalue weighted by Gasteiger charge is -2.26. The summed E-state index contributed by atoms with van der Waals surface area (Å²) in [7, 11) is 1.67. The van der Waals surface area contributed by atoms with E-state index >= 15 is 0 Å². The fourth-order valence-corrected chi connectivity index (χ4v) is 4.01. The summed E-state index contributed by atoms with van der Waals surface area (Å²) in [5.74, 6) is 3.30. The molecule has 1 fully saturated rings. The summed E-state index contributed by atoms with van der Waals surface area (Å²) in [5.41, 5.74) is 1.58. The molecule has 0 unspecified atom stereocenters. The molecule has 0 radical (unpaired) electrons. The van der Waals surface area contributed by atoms with Gasteiger partial charge >= 0.3 is 0 Å². The highest BCUT2D eigenvalue weighted by Crippen LogP contribution is 2.38. The maximum absolute atomic E-state index is 9.42. The summed E-state index contributed by atoms with van der Waals surface area (Å²) < 4.78 is 11.2. The summed E-state index contributed by atoms with van der Waals surface area (Å²) in [5, 5.41) is 12.7. The fraction of sp³-hybridized carbons (Fsp3) is 0.565. The van der Waals surface area contributed by atoms with E-state index < -0.39 is 0 Å². The van der Waals surface area contributed by atoms with Gasteiger partial charge in [-0.05, 0) is 55.7 Å². The number of aromatic nitrogens is 1. The molecule has 1 N–H and O–H groups in total. The molecular formula is C23H31N3O2. The predicted octanol–water partition coefficient (Wildman–Crippen LogP) is 5.67. The maximum atomic E-state index is 9.42. The molecule has 0 amide bonds. The zero-order chi connectivity index (χ0) is 19.8. The third-order valence-corrected chi connectivity index (χ3v) is 5.77. The van der Waals surface area contributed by atoms with Crippen molar-refractivity contribution >= 4 is 5.88 Å². The van der Waals surface area contributed by atoms with Crippen LogP contribution in [0.4, 0.5) is 5.88 Å². The van der Waals surface area contributed by atoms with E-state index in [1.54, 1.807) is 7.11 Å². The second-order valence-corrected chi connectivity index (χ2v) is 7.73. The van der Waals surface area contributed by atoms with Gasteiger partial charge in [-0.3, -0.25) is 0 Å². The van der Waals surface area contributed by atoms with Crippen LogP contribution in [0.1, 0.15) is 74.9 Å². The van der Waals surface area contributed by atoms with Crippen LogP contribution in [0.15, 0.2) is 28.7 Å². The van der Waals surface area contributed by atoms with Gasteiger partial charge in [0.15, 0.2) is 0 Å². The van der Waals surface area contributed by atoms with Gasteiger partial charge in [0.25, 0.3) is 0 Å². The molecule has 1 heterocycles. The first-order chi connectivity index (χ1) is 13.7. The Morgan fingerprint density at radius 3 is 2.61 bits per heavy atom. The quantitative estimate of drug-likeness (QED) is 0.605. The Morgan fingerprint density at radius 1 is 1.21 bits per heavy atom. The van der Waals surface area contributed by atoms with Crippen molar-refractivity contribution in [1.82, 2.24) is 4.98 Å². The summed E-state index contributed by atoms with van der Waals surface area (Å²) in [4.78, 5) is 4.48. The van der Waals surface area contributed by atoms with E-state index in [2.05, 4.69) is 35.4 Å². The summed E-state index contributed by atoms with van der Waals surface area (Å²) in [6, 6.07) is 10.2. The average molecular weight is 382 g/mol. The third-order valence-electron chi connectivity index (χ3n) is 5.77. The lowest BCUT2D eigenvalue weighted by atomic mass is 9.80. The number of nitriles is 1. The molecule has 0 bridgehead atoms. The van der Waals surface area contributed by atoms with Crippen LogP contribution in [0.25, 0.3) is 0 Å². The molecule has 150 valence electrons. The zero-order valence-corrected chi connectivity index (χ0v) is 17.0. The molecule has 1 aromatic carbocycles. The molecule has 1 saturated carbocycles. The largest absolute Gasteiger partial charge is 0.497 e. The lowest BCUT2D eigenvalue weighted by molar-refractivity contribution is 0.278. The molecule has 5 nitrogen and oxygen atoms in total. The minimum absolute atomic E-state index is 0.349. The topological polar surface area (TPSA) is 71.1 Å². The van der Waals surface area contributed by atoms with Crippen LogP contribution in [0.2, 0.25) is 0 Å². The highest BCUT2D eigenvalue weighted by atomic mass is 16.5. The minimum Gasteiger partial charge on any atom is -0.497 e.